The highest BCUT2D eigenvalue weighted by molar-refractivity contribution is 7.14. The fraction of sp³-hybridized carbons (Fsp3) is 0.350. The minimum absolute atomic E-state index is 0.489. The normalized spacial score (nSPS) is 12.6. The minimum atomic E-state index is 0.489. The molecule has 3 aromatic rings. The van der Waals surface area contributed by atoms with Crippen molar-refractivity contribution in [2.75, 3.05) is 41.2 Å². The van der Waals surface area contributed by atoms with E-state index >= 15 is 0 Å². The van der Waals surface area contributed by atoms with Gasteiger partial charge in [0.05, 0.1) is 21.3 Å². The van der Waals surface area contributed by atoms with Gasteiger partial charge < -0.3 is 28.5 Å². The molecule has 0 aliphatic carbocycles. The Morgan fingerprint density at radius 1 is 1.07 bits per heavy atom. The van der Waals surface area contributed by atoms with Crippen molar-refractivity contribution in [3.05, 3.63) is 23.8 Å². The van der Waals surface area contributed by atoms with E-state index in [2.05, 4.69) is 4.98 Å². The van der Waals surface area contributed by atoms with Crippen molar-refractivity contribution in [2.45, 2.75) is 6.92 Å². The maximum Gasteiger partial charge on any atom is 0.203 e. The zero-order chi connectivity index (χ0) is 20.4. The van der Waals surface area contributed by atoms with Gasteiger partial charge >= 0.3 is 0 Å². The summed E-state index contributed by atoms with van der Waals surface area (Å²) in [5.74, 6) is 3.06. The fourth-order valence-corrected chi connectivity index (χ4v) is 4.20. The number of hydrogen-bond donors (Lipinski definition) is 0. The summed E-state index contributed by atoms with van der Waals surface area (Å²) in [6, 6.07) is 3.72. The summed E-state index contributed by atoms with van der Waals surface area (Å²) in [6.45, 7) is 3.45. The number of rotatable bonds is 7. The predicted octanol–water partition coefficient (Wildman–Crippen LogP) is 3.52. The lowest BCUT2D eigenvalue weighted by Crippen LogP contribution is -2.15. The molecule has 0 saturated carbocycles. The van der Waals surface area contributed by atoms with Crippen LogP contribution in [0.5, 0.6) is 28.7 Å². The summed E-state index contributed by atoms with van der Waals surface area (Å²) in [4.78, 5) is 11.3. The van der Waals surface area contributed by atoms with Crippen molar-refractivity contribution in [3.8, 4) is 50.6 Å². The van der Waals surface area contributed by atoms with Crippen molar-refractivity contribution in [1.29, 1.82) is 0 Å². The molecule has 3 heterocycles. The topological polar surface area (TPSA) is 73.2 Å². The molecule has 0 radical (unpaired) electrons. The number of aromatic nitrogens is 2. The SMILES string of the molecule is CCOn1cnc(-c2cc(OC)c(OC)c(OC)c2)c1-c1scc2c1OCCO2. The van der Waals surface area contributed by atoms with Crippen LogP contribution in [0.25, 0.3) is 21.8 Å². The van der Waals surface area contributed by atoms with E-state index in [9.17, 15) is 0 Å². The molecule has 0 bridgehead atoms. The number of hydrogen-bond acceptors (Lipinski definition) is 8. The number of benzene rings is 1. The van der Waals surface area contributed by atoms with E-state index in [0.717, 1.165) is 21.9 Å². The van der Waals surface area contributed by atoms with E-state index in [0.29, 0.717) is 48.5 Å². The molecule has 0 fully saturated rings. The quantitative estimate of drug-likeness (QED) is 0.581. The van der Waals surface area contributed by atoms with Gasteiger partial charge in [0.25, 0.3) is 0 Å². The molecule has 9 heteroatoms. The zero-order valence-corrected chi connectivity index (χ0v) is 17.5. The molecule has 0 spiro atoms. The Bertz CT molecular complexity index is 988. The van der Waals surface area contributed by atoms with Gasteiger partial charge in [-0.25, -0.2) is 4.98 Å². The number of thiophene rings is 1. The van der Waals surface area contributed by atoms with Crippen LogP contribution < -0.4 is 28.5 Å². The largest absolute Gasteiger partial charge is 0.493 e. The van der Waals surface area contributed by atoms with Gasteiger partial charge in [-0.1, -0.05) is 0 Å². The Labute approximate surface area is 172 Å². The van der Waals surface area contributed by atoms with Gasteiger partial charge in [0.2, 0.25) is 5.75 Å². The van der Waals surface area contributed by atoms with Crippen LogP contribution in [0.4, 0.5) is 0 Å². The van der Waals surface area contributed by atoms with Crippen LogP contribution in [0.1, 0.15) is 6.92 Å². The first-order valence-corrected chi connectivity index (χ1v) is 9.98. The van der Waals surface area contributed by atoms with Gasteiger partial charge in [-0.15, -0.1) is 11.3 Å². The van der Waals surface area contributed by atoms with Gasteiger partial charge in [0.1, 0.15) is 42.4 Å². The highest BCUT2D eigenvalue weighted by atomic mass is 32.1. The van der Waals surface area contributed by atoms with E-state index in [4.69, 9.17) is 28.5 Å². The second kappa shape index (κ2) is 8.12. The number of methoxy groups -OCH3 is 3. The summed E-state index contributed by atoms with van der Waals surface area (Å²) in [7, 11) is 4.74. The average molecular weight is 418 g/mol. The standard InChI is InChI=1S/C20H22N2O6S/c1-5-28-22-11-21-16(12-8-13(23-2)18(25-4)14(9-12)24-3)17(22)20-19-15(10-29-20)26-6-7-27-19/h8-11H,5-7H2,1-4H3. The lowest BCUT2D eigenvalue weighted by atomic mass is 10.1. The van der Waals surface area contributed by atoms with Gasteiger partial charge in [-0.2, -0.15) is 4.73 Å². The molecule has 154 valence electrons. The molecule has 0 atom stereocenters. The molecule has 1 aromatic carbocycles. The summed E-state index contributed by atoms with van der Waals surface area (Å²) in [5.41, 5.74) is 2.28. The smallest absolute Gasteiger partial charge is 0.203 e. The van der Waals surface area contributed by atoms with Gasteiger partial charge in [0, 0.05) is 10.9 Å². The lowest BCUT2D eigenvalue weighted by molar-refractivity contribution is 0.125. The number of nitrogens with zero attached hydrogens (tertiary/aromatic N) is 2. The molecule has 0 N–H and O–H groups in total. The van der Waals surface area contributed by atoms with Crippen LogP contribution in [0.15, 0.2) is 23.8 Å². The number of imidazole rings is 1. The molecule has 0 unspecified atom stereocenters. The van der Waals surface area contributed by atoms with Crippen molar-refractivity contribution in [2.24, 2.45) is 0 Å². The third-order valence-electron chi connectivity index (χ3n) is 4.46. The molecule has 1 aliphatic rings. The van der Waals surface area contributed by atoms with E-state index in [-0.39, 0.29) is 0 Å². The Morgan fingerprint density at radius 2 is 1.79 bits per heavy atom. The first-order chi connectivity index (χ1) is 14.2. The Morgan fingerprint density at radius 3 is 2.45 bits per heavy atom. The Hall–Kier alpha value is -3.07. The van der Waals surface area contributed by atoms with Crippen molar-refractivity contribution < 1.29 is 28.5 Å². The predicted molar refractivity (Wildman–Crippen MR) is 109 cm³/mol. The van der Waals surface area contributed by atoms with E-state index in [1.165, 1.54) is 11.3 Å². The third kappa shape index (κ3) is 3.31. The van der Waals surface area contributed by atoms with Crippen LogP contribution in [0, 0.1) is 0 Å². The average Bonchev–Trinajstić information content (AvgIpc) is 3.36. The highest BCUT2D eigenvalue weighted by Gasteiger charge is 2.27. The molecule has 2 aromatic heterocycles. The van der Waals surface area contributed by atoms with Gasteiger partial charge in [0.15, 0.2) is 23.0 Å². The lowest BCUT2D eigenvalue weighted by Gasteiger charge is -2.17. The van der Waals surface area contributed by atoms with E-state index in [1.54, 1.807) is 32.4 Å². The molecule has 0 saturated heterocycles. The Kier molecular flexibility index (Phi) is 5.39. The summed E-state index contributed by atoms with van der Waals surface area (Å²) in [5, 5.41) is 1.94. The summed E-state index contributed by atoms with van der Waals surface area (Å²) < 4.78 is 29.7. The molecular formula is C20H22N2O6S. The monoisotopic (exact) mass is 418 g/mol. The maximum absolute atomic E-state index is 5.89. The van der Waals surface area contributed by atoms with Gasteiger partial charge in [-0.3, -0.25) is 0 Å². The molecule has 0 amide bonds. The van der Waals surface area contributed by atoms with Crippen LogP contribution in [-0.4, -0.2) is 50.9 Å². The molecular weight excluding hydrogens is 396 g/mol. The third-order valence-corrected chi connectivity index (χ3v) is 5.41. The zero-order valence-electron chi connectivity index (χ0n) is 16.7. The second-order valence-electron chi connectivity index (χ2n) is 6.05. The van der Waals surface area contributed by atoms with E-state index < -0.39 is 0 Å². The first-order valence-electron chi connectivity index (χ1n) is 9.10. The molecule has 4 rings (SSSR count). The van der Waals surface area contributed by atoms with Crippen LogP contribution in [0.3, 0.4) is 0 Å². The van der Waals surface area contributed by atoms with Crippen molar-refractivity contribution >= 4 is 11.3 Å². The van der Waals surface area contributed by atoms with Crippen LogP contribution in [0.2, 0.25) is 0 Å². The molecule has 1 aliphatic heterocycles. The van der Waals surface area contributed by atoms with Crippen molar-refractivity contribution in [3.63, 3.8) is 0 Å². The van der Waals surface area contributed by atoms with Crippen LogP contribution in [-0.2, 0) is 0 Å². The maximum atomic E-state index is 5.89. The summed E-state index contributed by atoms with van der Waals surface area (Å²) in [6.07, 6.45) is 1.65. The highest BCUT2D eigenvalue weighted by Crippen LogP contribution is 2.49. The molecule has 8 nitrogen and oxygen atoms in total. The van der Waals surface area contributed by atoms with E-state index in [1.807, 2.05) is 24.4 Å². The Balaban J connectivity index is 1.91. The first kappa shape index (κ1) is 19.3. The molecule has 29 heavy (non-hydrogen) atoms. The second-order valence-corrected chi connectivity index (χ2v) is 6.93. The minimum Gasteiger partial charge on any atom is -0.493 e. The van der Waals surface area contributed by atoms with Crippen molar-refractivity contribution in [1.82, 2.24) is 9.71 Å². The fourth-order valence-electron chi connectivity index (χ4n) is 3.23. The number of ether oxygens (including phenoxy) is 5. The summed E-state index contributed by atoms with van der Waals surface area (Å²) >= 11 is 1.52. The van der Waals surface area contributed by atoms with Gasteiger partial charge in [-0.05, 0) is 19.1 Å². The number of fused-ring (bicyclic) bond motifs is 1. The van der Waals surface area contributed by atoms with Crippen LogP contribution >= 0.6 is 11.3 Å².